The smallest absolute Gasteiger partial charge is 0.237 e. The second-order valence-corrected chi connectivity index (χ2v) is 13.5. The van der Waals surface area contributed by atoms with Crippen LogP contribution in [-0.4, -0.2) is 83.9 Å². The fraction of sp³-hybridized carbons (Fsp3) is 0.432. The average Bonchev–Trinajstić information content (AvgIpc) is 3.73. The van der Waals surface area contributed by atoms with E-state index in [0.29, 0.717) is 94.6 Å². The number of rotatable bonds is 14. The zero-order valence-corrected chi connectivity index (χ0v) is 30.4. The van der Waals surface area contributed by atoms with Crippen LogP contribution in [0.4, 0.5) is 0 Å². The third-order valence-electron chi connectivity index (χ3n) is 9.52. The van der Waals surface area contributed by atoms with Crippen LogP contribution in [0, 0.1) is 5.92 Å². The van der Waals surface area contributed by atoms with Crippen molar-refractivity contribution in [2.45, 2.75) is 57.8 Å². The molecule has 2 saturated heterocycles. The minimum atomic E-state index is 0.0866. The highest BCUT2D eigenvalue weighted by atomic mass is 35.5. The number of benzene rings is 2. The molecule has 2 aliphatic rings. The van der Waals surface area contributed by atoms with Crippen molar-refractivity contribution in [2.24, 2.45) is 5.92 Å². The van der Waals surface area contributed by atoms with Crippen molar-refractivity contribution < 1.29 is 19.0 Å². The number of ether oxygens (including phenoxy) is 3. The molecule has 0 aliphatic carbocycles. The fourth-order valence-electron chi connectivity index (χ4n) is 6.82. The highest BCUT2D eigenvalue weighted by molar-refractivity contribution is 6.39. The molecule has 3 atom stereocenters. The molecule has 264 valence electrons. The normalized spacial score (nSPS) is 19.2. The molecular weight excluding hydrogens is 677 g/mol. The maximum absolute atomic E-state index is 11.5. The van der Waals surface area contributed by atoms with Gasteiger partial charge in [0.05, 0.1) is 54.7 Å². The Labute approximate surface area is 303 Å². The van der Waals surface area contributed by atoms with Crippen LogP contribution < -0.4 is 20.1 Å². The molecule has 2 aliphatic heterocycles. The van der Waals surface area contributed by atoms with Gasteiger partial charge in [0, 0.05) is 74.0 Å². The Kier molecular flexibility index (Phi) is 11.8. The van der Waals surface area contributed by atoms with E-state index in [4.69, 9.17) is 52.4 Å². The van der Waals surface area contributed by atoms with Gasteiger partial charge in [-0.15, -0.1) is 0 Å². The number of aromatic nitrogens is 4. The van der Waals surface area contributed by atoms with Crippen LogP contribution >= 0.6 is 23.2 Å². The van der Waals surface area contributed by atoms with E-state index in [0.717, 1.165) is 42.6 Å². The van der Waals surface area contributed by atoms with Crippen molar-refractivity contribution in [3.8, 4) is 45.4 Å². The molecule has 0 radical (unpaired) electrons. The van der Waals surface area contributed by atoms with Crippen LogP contribution in [0.25, 0.3) is 33.6 Å². The van der Waals surface area contributed by atoms with Gasteiger partial charge in [-0.05, 0) is 18.8 Å². The molecule has 11 nitrogen and oxygen atoms in total. The maximum atomic E-state index is 11.5. The molecule has 4 heterocycles. The molecule has 13 heteroatoms. The molecule has 2 aromatic carbocycles. The molecule has 1 amide bonds. The highest BCUT2D eigenvalue weighted by Crippen LogP contribution is 2.42. The van der Waals surface area contributed by atoms with Gasteiger partial charge in [0.15, 0.2) is 0 Å². The Balaban J connectivity index is 1.23. The van der Waals surface area contributed by atoms with Gasteiger partial charge in [0.2, 0.25) is 17.7 Å². The van der Waals surface area contributed by atoms with Gasteiger partial charge in [-0.3, -0.25) is 19.7 Å². The monoisotopic (exact) mass is 719 g/mol. The standard InChI is InChI=1S/C37H43Cl2N7O4/c1-5-22-14-24(21-48-2)46(19-22)20-32-37(50-4)45-30(18-42-32)28-11-7-9-26(35(28)39)25-8-6-10-27(34(25)38)29-17-41-31(36(44-29)49-3)16-40-15-23-12-13-33(47)43-23/h6-11,17-18,22-24,40H,5,12-16,19-21H2,1-4H3,(H,43,47)/t22-,23-,24-/m0/s1. The lowest BCUT2D eigenvalue weighted by molar-refractivity contribution is -0.119. The summed E-state index contributed by atoms with van der Waals surface area (Å²) in [6.45, 7) is 5.62. The van der Waals surface area contributed by atoms with Crippen molar-refractivity contribution in [2.75, 3.05) is 41.0 Å². The molecule has 2 fully saturated rings. The average molecular weight is 721 g/mol. The molecule has 4 aromatic rings. The second kappa shape index (κ2) is 16.4. The van der Waals surface area contributed by atoms with Crippen molar-refractivity contribution in [1.82, 2.24) is 35.5 Å². The van der Waals surface area contributed by atoms with E-state index in [9.17, 15) is 4.79 Å². The number of likely N-dealkylation sites (tertiary alicyclic amines) is 1. The molecular formula is C37H43Cl2N7O4. The Bertz CT molecular complexity index is 1830. The third-order valence-corrected chi connectivity index (χ3v) is 10.3. The van der Waals surface area contributed by atoms with Crippen LogP contribution in [0.1, 0.15) is 44.0 Å². The molecule has 0 spiro atoms. The molecule has 0 bridgehead atoms. The van der Waals surface area contributed by atoms with Crippen LogP contribution in [-0.2, 0) is 22.6 Å². The first-order chi connectivity index (χ1) is 24.3. The van der Waals surface area contributed by atoms with Crippen LogP contribution in [0.3, 0.4) is 0 Å². The molecule has 6 rings (SSSR count). The summed E-state index contributed by atoms with van der Waals surface area (Å²) in [6.07, 6.45) is 7.06. The van der Waals surface area contributed by atoms with Gasteiger partial charge in [-0.2, -0.15) is 0 Å². The molecule has 50 heavy (non-hydrogen) atoms. The lowest BCUT2D eigenvalue weighted by Gasteiger charge is -2.24. The van der Waals surface area contributed by atoms with Gasteiger partial charge in [-0.1, -0.05) is 72.9 Å². The first-order valence-electron chi connectivity index (χ1n) is 16.9. The molecule has 0 saturated carbocycles. The van der Waals surface area contributed by atoms with E-state index in [2.05, 4.69) is 27.4 Å². The summed E-state index contributed by atoms with van der Waals surface area (Å²) in [5.74, 6) is 1.59. The summed E-state index contributed by atoms with van der Waals surface area (Å²) < 4.78 is 16.8. The Morgan fingerprint density at radius 3 is 2.06 bits per heavy atom. The maximum Gasteiger partial charge on any atom is 0.237 e. The summed E-state index contributed by atoms with van der Waals surface area (Å²) >= 11 is 14.2. The van der Waals surface area contributed by atoms with Crippen molar-refractivity contribution in [3.63, 3.8) is 0 Å². The topological polar surface area (TPSA) is 124 Å². The molecule has 2 N–H and O–H groups in total. The van der Waals surface area contributed by atoms with Crippen molar-refractivity contribution in [3.05, 3.63) is 70.2 Å². The van der Waals surface area contributed by atoms with Crippen LogP contribution in [0.5, 0.6) is 11.8 Å². The van der Waals surface area contributed by atoms with Crippen molar-refractivity contribution in [1.29, 1.82) is 0 Å². The number of halogens is 2. The summed E-state index contributed by atoms with van der Waals surface area (Å²) in [5.41, 5.74) is 5.48. The lowest BCUT2D eigenvalue weighted by Crippen LogP contribution is -2.35. The van der Waals surface area contributed by atoms with Crippen LogP contribution in [0.15, 0.2) is 48.8 Å². The second-order valence-electron chi connectivity index (χ2n) is 12.7. The Morgan fingerprint density at radius 2 is 1.50 bits per heavy atom. The number of amides is 1. The molecule has 2 aromatic heterocycles. The largest absolute Gasteiger partial charge is 0.480 e. The zero-order valence-electron chi connectivity index (χ0n) is 28.8. The van der Waals surface area contributed by atoms with Crippen LogP contribution in [0.2, 0.25) is 10.0 Å². The minimum Gasteiger partial charge on any atom is -0.480 e. The van der Waals surface area contributed by atoms with Crippen molar-refractivity contribution >= 4 is 29.1 Å². The SMILES string of the molecule is CC[C@H]1C[C@@H](COC)N(Cc2ncc(-c3cccc(-c4cccc(-c5cnc(CNC[C@@H]6CCC(=O)N6)c(OC)n5)c4Cl)c3Cl)nc2OC)C1. The van der Waals surface area contributed by atoms with E-state index in [1.807, 2.05) is 36.4 Å². The summed E-state index contributed by atoms with van der Waals surface area (Å²) in [7, 11) is 4.93. The summed E-state index contributed by atoms with van der Waals surface area (Å²) in [5, 5.41) is 7.27. The third kappa shape index (κ3) is 7.87. The number of carbonyl (C=O) groups is 1. The fourth-order valence-corrected chi connectivity index (χ4v) is 7.47. The first-order valence-corrected chi connectivity index (χ1v) is 17.7. The molecule has 0 unspecified atom stereocenters. The number of hydrogen-bond acceptors (Lipinski definition) is 10. The van der Waals surface area contributed by atoms with Gasteiger partial charge >= 0.3 is 0 Å². The van der Waals surface area contributed by atoms with E-state index in [1.54, 1.807) is 33.7 Å². The summed E-state index contributed by atoms with van der Waals surface area (Å²) in [6, 6.07) is 11.9. The zero-order chi connectivity index (χ0) is 35.2. The van der Waals surface area contributed by atoms with E-state index >= 15 is 0 Å². The highest BCUT2D eigenvalue weighted by Gasteiger charge is 2.32. The lowest BCUT2D eigenvalue weighted by atomic mass is 9.98. The first kappa shape index (κ1) is 35.9. The Hall–Kier alpha value is -3.87. The van der Waals surface area contributed by atoms with Gasteiger partial charge < -0.3 is 24.8 Å². The van der Waals surface area contributed by atoms with E-state index in [-0.39, 0.29) is 11.9 Å². The number of carbonyl (C=O) groups excluding carboxylic acids is 1. The summed E-state index contributed by atoms with van der Waals surface area (Å²) in [4.78, 5) is 33.0. The van der Waals surface area contributed by atoms with Gasteiger partial charge in [0.25, 0.3) is 0 Å². The number of hydrogen-bond donors (Lipinski definition) is 2. The van der Waals surface area contributed by atoms with E-state index in [1.165, 1.54) is 0 Å². The predicted molar refractivity (Wildman–Crippen MR) is 194 cm³/mol. The predicted octanol–water partition coefficient (Wildman–Crippen LogP) is 6.21. The quantitative estimate of drug-likeness (QED) is 0.156. The van der Waals surface area contributed by atoms with Gasteiger partial charge in [-0.25, -0.2) is 9.97 Å². The number of methoxy groups -OCH3 is 3. The minimum absolute atomic E-state index is 0.0866. The Morgan fingerprint density at radius 1 is 0.900 bits per heavy atom. The van der Waals surface area contributed by atoms with Gasteiger partial charge in [0.1, 0.15) is 11.4 Å². The van der Waals surface area contributed by atoms with E-state index < -0.39 is 0 Å². The number of nitrogens with one attached hydrogen (secondary N) is 2. The number of nitrogens with zero attached hydrogens (tertiary/aromatic N) is 5.